The van der Waals surface area contributed by atoms with E-state index in [1.54, 1.807) is 0 Å². The Bertz CT molecular complexity index is 3370. The summed E-state index contributed by atoms with van der Waals surface area (Å²) in [6.45, 7) is 0. The summed E-state index contributed by atoms with van der Waals surface area (Å²) in [5.74, 6) is 2.10. The first-order valence-corrected chi connectivity index (χ1v) is 21.9. The standard InChI is InChI=1S/C59H40N4/c1-7-21-39(22-8-1)55-60-56(40-23-9-2-10-24-40)62-57(61-55)41-37-47-46-33-19-34-48-52(46)63-53(47)51(38-41)59(44-29-15-5-16-30-44,45-31-17-6-18-32-45)50-36-20-35-49(54(50)63)58(48,42-25-11-3-12-26-42)43-27-13-4-14-28-43/h1-27,29-38,43H,28H2. The molecular formula is C59H40N4. The fraction of sp³-hybridized carbons (Fsp3) is 0.0678. The molecule has 2 unspecified atom stereocenters. The van der Waals surface area contributed by atoms with Crippen molar-refractivity contribution < 1.29 is 0 Å². The number of allylic oxidation sites excluding steroid dienone is 4. The van der Waals surface area contributed by atoms with E-state index in [1.165, 1.54) is 66.4 Å². The molecule has 3 aliphatic rings. The zero-order valence-electron chi connectivity index (χ0n) is 34.4. The number of aromatic nitrogens is 4. The highest BCUT2D eigenvalue weighted by molar-refractivity contribution is 6.15. The lowest BCUT2D eigenvalue weighted by molar-refractivity contribution is 0.443. The van der Waals surface area contributed by atoms with Gasteiger partial charge in [-0.05, 0) is 63.4 Å². The average Bonchev–Trinajstić information content (AvgIpc) is 3.71. The van der Waals surface area contributed by atoms with Gasteiger partial charge in [-0.1, -0.05) is 212 Å². The average molecular weight is 805 g/mol. The van der Waals surface area contributed by atoms with Crippen molar-refractivity contribution in [2.75, 3.05) is 0 Å². The SMILES string of the molecule is C1=CCC(C2(c3ccccc3)c3cccc4c3-n3c5c(cc(-c6nc(-c7ccccc7)nc(-c7ccccc7)n6)cc5c5cccc2c53)C4(c2ccccc2)c2ccccc2)C=C1. The van der Waals surface area contributed by atoms with Gasteiger partial charge in [-0.2, -0.15) is 0 Å². The summed E-state index contributed by atoms with van der Waals surface area (Å²) in [7, 11) is 0. The maximum atomic E-state index is 5.33. The van der Waals surface area contributed by atoms with Crippen molar-refractivity contribution in [1.82, 2.24) is 19.5 Å². The third-order valence-corrected chi connectivity index (χ3v) is 13.9. The van der Waals surface area contributed by atoms with Gasteiger partial charge in [0, 0.05) is 27.5 Å². The lowest BCUT2D eigenvalue weighted by Crippen LogP contribution is -2.44. The molecule has 2 atom stereocenters. The molecule has 0 fully saturated rings. The van der Waals surface area contributed by atoms with Crippen LogP contribution in [-0.2, 0) is 10.8 Å². The molecule has 4 nitrogen and oxygen atoms in total. The maximum Gasteiger partial charge on any atom is 0.164 e. The Hall–Kier alpha value is -7.95. The van der Waals surface area contributed by atoms with Crippen molar-refractivity contribution in [3.05, 3.63) is 263 Å². The van der Waals surface area contributed by atoms with Crippen LogP contribution in [0.2, 0.25) is 0 Å². The van der Waals surface area contributed by atoms with E-state index < -0.39 is 10.8 Å². The van der Waals surface area contributed by atoms with E-state index in [0.29, 0.717) is 17.5 Å². The largest absolute Gasteiger partial charge is 0.308 e. The first-order valence-electron chi connectivity index (χ1n) is 21.9. The van der Waals surface area contributed by atoms with E-state index in [0.717, 1.165) is 23.1 Å². The van der Waals surface area contributed by atoms with Crippen LogP contribution in [0.1, 0.15) is 45.4 Å². The first kappa shape index (κ1) is 35.8. The number of nitrogens with zero attached hydrogens (tertiary/aromatic N) is 4. The summed E-state index contributed by atoms with van der Waals surface area (Å²) in [5.41, 5.74) is 14.2. The van der Waals surface area contributed by atoms with Gasteiger partial charge in [0.1, 0.15) is 0 Å². The van der Waals surface area contributed by atoms with Crippen LogP contribution in [0.5, 0.6) is 0 Å². The lowest BCUT2D eigenvalue weighted by Gasteiger charge is -2.49. The Balaban J connectivity index is 1.24. The van der Waals surface area contributed by atoms with Gasteiger partial charge < -0.3 is 4.57 Å². The van der Waals surface area contributed by atoms with Crippen LogP contribution in [0.3, 0.4) is 0 Å². The van der Waals surface area contributed by atoms with Crippen LogP contribution in [0.4, 0.5) is 0 Å². The third-order valence-electron chi connectivity index (χ3n) is 13.9. The third kappa shape index (κ3) is 4.95. The molecule has 4 heterocycles. The molecule has 0 saturated carbocycles. The molecule has 0 spiro atoms. The maximum absolute atomic E-state index is 5.33. The van der Waals surface area contributed by atoms with Crippen LogP contribution in [0.15, 0.2) is 224 Å². The number of hydrogen-bond donors (Lipinski definition) is 0. The van der Waals surface area contributed by atoms with Gasteiger partial charge in [0.2, 0.25) is 0 Å². The van der Waals surface area contributed by atoms with E-state index in [9.17, 15) is 0 Å². The summed E-state index contributed by atoms with van der Waals surface area (Å²) >= 11 is 0. The molecule has 13 rings (SSSR count). The molecule has 1 aliphatic carbocycles. The van der Waals surface area contributed by atoms with Gasteiger partial charge in [-0.15, -0.1) is 0 Å². The summed E-state index contributed by atoms with van der Waals surface area (Å²) in [6, 6.07) is 73.0. The smallest absolute Gasteiger partial charge is 0.164 e. The first-order chi connectivity index (χ1) is 31.3. The number of benzene rings is 8. The normalized spacial score (nSPS) is 17.7. The molecule has 0 radical (unpaired) electrons. The van der Waals surface area contributed by atoms with Crippen LogP contribution in [0, 0.1) is 5.92 Å². The second-order valence-electron chi connectivity index (χ2n) is 17.0. The van der Waals surface area contributed by atoms with E-state index in [1.807, 2.05) is 36.4 Å². The van der Waals surface area contributed by atoms with Crippen molar-refractivity contribution in [3.63, 3.8) is 0 Å². The predicted molar refractivity (Wildman–Crippen MR) is 255 cm³/mol. The Labute approximate surface area is 366 Å². The van der Waals surface area contributed by atoms with Crippen molar-refractivity contribution in [1.29, 1.82) is 0 Å². The summed E-state index contributed by atoms with van der Waals surface area (Å²) in [5, 5.41) is 2.40. The number of fused-ring (bicyclic) bond motifs is 1. The van der Waals surface area contributed by atoms with Crippen molar-refractivity contribution >= 4 is 21.8 Å². The minimum Gasteiger partial charge on any atom is -0.308 e. The highest BCUT2D eigenvalue weighted by Gasteiger charge is 2.54. The summed E-state index contributed by atoms with van der Waals surface area (Å²) in [6.07, 6.45) is 10.2. The molecule has 2 aromatic heterocycles. The van der Waals surface area contributed by atoms with Gasteiger partial charge in [-0.3, -0.25) is 0 Å². The van der Waals surface area contributed by atoms with Crippen molar-refractivity contribution in [2.45, 2.75) is 17.3 Å². The molecule has 0 saturated heterocycles. The fourth-order valence-corrected chi connectivity index (χ4v) is 11.5. The van der Waals surface area contributed by atoms with Crippen LogP contribution >= 0.6 is 0 Å². The van der Waals surface area contributed by atoms with Gasteiger partial charge in [0.15, 0.2) is 17.5 Å². The monoisotopic (exact) mass is 804 g/mol. The summed E-state index contributed by atoms with van der Waals surface area (Å²) in [4.78, 5) is 15.8. The second-order valence-corrected chi connectivity index (χ2v) is 17.0. The Kier molecular flexibility index (Phi) is 7.83. The van der Waals surface area contributed by atoms with E-state index in [-0.39, 0.29) is 5.92 Å². The topological polar surface area (TPSA) is 43.6 Å². The Morgan fingerprint density at radius 1 is 0.413 bits per heavy atom. The minimum absolute atomic E-state index is 0.173. The van der Waals surface area contributed by atoms with E-state index >= 15 is 0 Å². The van der Waals surface area contributed by atoms with Gasteiger partial charge in [0.25, 0.3) is 0 Å². The molecular weight excluding hydrogens is 765 g/mol. The quantitative estimate of drug-likeness (QED) is 0.161. The van der Waals surface area contributed by atoms with Gasteiger partial charge in [0.05, 0.1) is 27.6 Å². The summed E-state index contributed by atoms with van der Waals surface area (Å²) < 4.78 is 2.63. The molecule has 10 aromatic rings. The van der Waals surface area contributed by atoms with Gasteiger partial charge in [-0.25, -0.2) is 15.0 Å². The molecule has 0 amide bonds. The van der Waals surface area contributed by atoms with Crippen molar-refractivity contribution in [3.8, 4) is 39.9 Å². The van der Waals surface area contributed by atoms with Crippen LogP contribution in [0.25, 0.3) is 61.7 Å². The highest BCUT2D eigenvalue weighted by Crippen LogP contribution is 2.62. The molecule has 4 heteroatoms. The second kappa shape index (κ2) is 13.8. The van der Waals surface area contributed by atoms with E-state index in [4.69, 9.17) is 15.0 Å². The zero-order chi connectivity index (χ0) is 41.5. The number of rotatable bonds is 7. The van der Waals surface area contributed by atoms with Crippen molar-refractivity contribution in [2.24, 2.45) is 5.92 Å². The molecule has 0 N–H and O–H groups in total. The fourth-order valence-electron chi connectivity index (χ4n) is 11.5. The minimum atomic E-state index is -0.716. The molecule has 8 aromatic carbocycles. The zero-order valence-corrected chi connectivity index (χ0v) is 34.4. The van der Waals surface area contributed by atoms with Crippen LogP contribution < -0.4 is 0 Å². The predicted octanol–water partition coefficient (Wildman–Crippen LogP) is 13.4. The molecule has 63 heavy (non-hydrogen) atoms. The highest BCUT2D eigenvalue weighted by atomic mass is 15.0. The van der Waals surface area contributed by atoms with E-state index in [2.05, 4.69) is 193 Å². The molecule has 296 valence electrons. The molecule has 2 aliphatic heterocycles. The van der Waals surface area contributed by atoms with Gasteiger partial charge >= 0.3 is 0 Å². The lowest BCUT2D eigenvalue weighted by atomic mass is 9.56. The Morgan fingerprint density at radius 2 is 0.921 bits per heavy atom. The number of hydrogen-bond acceptors (Lipinski definition) is 3. The Morgan fingerprint density at radius 3 is 1.51 bits per heavy atom. The number of para-hydroxylation sites is 2. The molecule has 0 bridgehead atoms. The van der Waals surface area contributed by atoms with Crippen LogP contribution in [-0.4, -0.2) is 19.5 Å².